The van der Waals surface area contributed by atoms with Crippen molar-refractivity contribution in [3.8, 4) is 5.69 Å². The molecule has 2 aromatic carbocycles. The van der Waals surface area contributed by atoms with Crippen LogP contribution in [0.3, 0.4) is 0 Å². The molecule has 3 aromatic rings. The molecule has 7 nitrogen and oxygen atoms in total. The molecule has 1 aliphatic heterocycles. The summed E-state index contributed by atoms with van der Waals surface area (Å²) in [6, 6.07) is 13.4. The minimum Gasteiger partial charge on any atom is -0.368 e. The van der Waals surface area contributed by atoms with Gasteiger partial charge in [0.2, 0.25) is 5.82 Å². The molecule has 2 heterocycles. The van der Waals surface area contributed by atoms with Crippen molar-refractivity contribution < 1.29 is 14.0 Å². The summed E-state index contributed by atoms with van der Waals surface area (Å²) in [5, 5.41) is 4.33. The molecule has 0 atom stereocenters. The lowest BCUT2D eigenvalue weighted by Gasteiger charge is -2.35. The number of benzene rings is 2. The Balaban J connectivity index is 1.42. The van der Waals surface area contributed by atoms with Crippen LogP contribution in [-0.4, -0.2) is 57.5 Å². The van der Waals surface area contributed by atoms with Gasteiger partial charge in [-0.2, -0.15) is 0 Å². The molecule has 4 rings (SSSR count). The Hall–Kier alpha value is -3.55. The number of amides is 1. The summed E-state index contributed by atoms with van der Waals surface area (Å²) in [5.74, 6) is 0.192. The maximum atomic E-state index is 13.2. The standard InChI is InChI=1S/C22H22FN5O2/c1-15(29)17-3-7-19(8-4-17)26-11-13-27(14-12-26)22(30)21-24-16(2)28(25-21)20-9-5-18(23)6-10-20/h3-10H,11-14H2,1-2H3. The largest absolute Gasteiger partial charge is 0.368 e. The fourth-order valence-electron chi connectivity index (χ4n) is 3.52. The van der Waals surface area contributed by atoms with E-state index in [4.69, 9.17) is 0 Å². The van der Waals surface area contributed by atoms with Gasteiger partial charge in [0.25, 0.3) is 5.91 Å². The van der Waals surface area contributed by atoms with E-state index >= 15 is 0 Å². The Bertz CT molecular complexity index is 1070. The molecule has 1 amide bonds. The number of halogens is 1. The first-order chi connectivity index (χ1) is 14.4. The molecule has 154 valence electrons. The second kappa shape index (κ2) is 8.06. The molecular weight excluding hydrogens is 385 g/mol. The average molecular weight is 407 g/mol. The summed E-state index contributed by atoms with van der Waals surface area (Å²) in [6.07, 6.45) is 0. The van der Waals surface area contributed by atoms with Crippen LogP contribution in [-0.2, 0) is 0 Å². The first kappa shape index (κ1) is 19.8. The van der Waals surface area contributed by atoms with Crippen LogP contribution in [0.4, 0.5) is 10.1 Å². The summed E-state index contributed by atoms with van der Waals surface area (Å²) in [5.41, 5.74) is 2.37. The maximum Gasteiger partial charge on any atom is 0.293 e. The lowest BCUT2D eigenvalue weighted by Crippen LogP contribution is -2.49. The lowest BCUT2D eigenvalue weighted by atomic mass is 10.1. The summed E-state index contributed by atoms with van der Waals surface area (Å²) in [7, 11) is 0. The number of Topliss-reactive ketones (excluding diaryl/α,β-unsaturated/α-hetero) is 1. The van der Waals surface area contributed by atoms with E-state index in [1.165, 1.54) is 12.1 Å². The van der Waals surface area contributed by atoms with E-state index in [2.05, 4.69) is 15.0 Å². The van der Waals surface area contributed by atoms with Crippen LogP contribution in [0, 0.1) is 12.7 Å². The Morgan fingerprint density at radius 3 is 2.10 bits per heavy atom. The van der Waals surface area contributed by atoms with E-state index in [1.54, 1.807) is 35.6 Å². The first-order valence-corrected chi connectivity index (χ1v) is 9.77. The van der Waals surface area contributed by atoms with E-state index in [1.807, 2.05) is 24.3 Å². The van der Waals surface area contributed by atoms with Gasteiger partial charge in [-0.05, 0) is 62.4 Å². The molecule has 1 aromatic heterocycles. The minimum atomic E-state index is -0.332. The summed E-state index contributed by atoms with van der Waals surface area (Å²) in [6.45, 7) is 5.78. The number of carbonyl (C=O) groups is 2. The molecule has 0 radical (unpaired) electrons. The number of aromatic nitrogens is 3. The number of ketones is 1. The molecule has 0 N–H and O–H groups in total. The van der Waals surface area contributed by atoms with Gasteiger partial charge in [0.15, 0.2) is 5.78 Å². The van der Waals surface area contributed by atoms with E-state index in [0.29, 0.717) is 43.3 Å². The second-order valence-corrected chi connectivity index (χ2v) is 7.25. The number of piperazine rings is 1. The first-order valence-electron chi connectivity index (χ1n) is 9.77. The van der Waals surface area contributed by atoms with Crippen LogP contribution >= 0.6 is 0 Å². The quantitative estimate of drug-likeness (QED) is 0.622. The van der Waals surface area contributed by atoms with Crippen LogP contribution in [0.2, 0.25) is 0 Å². The van der Waals surface area contributed by atoms with Crippen molar-refractivity contribution in [1.82, 2.24) is 19.7 Å². The topological polar surface area (TPSA) is 71.3 Å². The number of hydrogen-bond donors (Lipinski definition) is 0. The molecule has 0 spiro atoms. The van der Waals surface area contributed by atoms with Crippen LogP contribution in [0.5, 0.6) is 0 Å². The van der Waals surface area contributed by atoms with E-state index < -0.39 is 0 Å². The number of nitrogens with zero attached hydrogens (tertiary/aromatic N) is 5. The van der Waals surface area contributed by atoms with Crippen molar-refractivity contribution in [3.05, 3.63) is 71.6 Å². The molecule has 0 aliphatic carbocycles. The van der Waals surface area contributed by atoms with Crippen molar-refractivity contribution >= 4 is 17.4 Å². The SMILES string of the molecule is CC(=O)c1ccc(N2CCN(C(=O)c3nc(C)n(-c4ccc(F)cc4)n3)CC2)cc1. The third-order valence-electron chi connectivity index (χ3n) is 5.24. The van der Waals surface area contributed by atoms with Gasteiger partial charge >= 0.3 is 0 Å². The Kier molecular flexibility index (Phi) is 5.31. The molecule has 0 unspecified atom stereocenters. The number of carbonyl (C=O) groups excluding carboxylic acids is 2. The molecule has 30 heavy (non-hydrogen) atoms. The van der Waals surface area contributed by atoms with Crippen molar-refractivity contribution in [3.63, 3.8) is 0 Å². The molecule has 8 heteroatoms. The Labute approximate surface area is 173 Å². The van der Waals surface area contributed by atoms with Crippen LogP contribution in [0.25, 0.3) is 5.69 Å². The Morgan fingerprint density at radius 1 is 0.900 bits per heavy atom. The Morgan fingerprint density at radius 2 is 1.50 bits per heavy atom. The van der Waals surface area contributed by atoms with Crippen LogP contribution in [0.1, 0.15) is 33.7 Å². The van der Waals surface area contributed by atoms with Crippen molar-refractivity contribution in [2.24, 2.45) is 0 Å². The zero-order valence-corrected chi connectivity index (χ0v) is 16.9. The van der Waals surface area contributed by atoms with Gasteiger partial charge in [0, 0.05) is 37.4 Å². The monoisotopic (exact) mass is 407 g/mol. The number of anilines is 1. The van der Waals surface area contributed by atoms with Gasteiger partial charge in [-0.1, -0.05) is 0 Å². The van der Waals surface area contributed by atoms with Crippen molar-refractivity contribution in [2.45, 2.75) is 13.8 Å². The summed E-state index contributed by atoms with van der Waals surface area (Å²) in [4.78, 5) is 32.5. The fourth-order valence-corrected chi connectivity index (χ4v) is 3.52. The van der Waals surface area contributed by atoms with Crippen LogP contribution < -0.4 is 4.90 Å². The third kappa shape index (κ3) is 3.94. The maximum absolute atomic E-state index is 13.2. The van der Waals surface area contributed by atoms with Gasteiger partial charge in [-0.15, -0.1) is 5.10 Å². The molecule has 1 fully saturated rings. The second-order valence-electron chi connectivity index (χ2n) is 7.25. The zero-order chi connectivity index (χ0) is 21.3. The van der Waals surface area contributed by atoms with Gasteiger partial charge in [-0.3, -0.25) is 9.59 Å². The predicted octanol–water partition coefficient (Wildman–Crippen LogP) is 2.88. The van der Waals surface area contributed by atoms with Gasteiger partial charge in [-0.25, -0.2) is 14.1 Å². The zero-order valence-electron chi connectivity index (χ0n) is 16.9. The molecular formula is C22H22FN5O2. The highest BCUT2D eigenvalue weighted by atomic mass is 19.1. The van der Waals surface area contributed by atoms with Gasteiger partial charge < -0.3 is 9.80 Å². The van der Waals surface area contributed by atoms with Crippen molar-refractivity contribution in [2.75, 3.05) is 31.1 Å². The van der Waals surface area contributed by atoms with E-state index in [0.717, 1.165) is 5.69 Å². The number of hydrogen-bond acceptors (Lipinski definition) is 5. The smallest absolute Gasteiger partial charge is 0.293 e. The van der Waals surface area contributed by atoms with Gasteiger partial charge in [0.1, 0.15) is 11.6 Å². The van der Waals surface area contributed by atoms with E-state index in [-0.39, 0.29) is 23.3 Å². The molecule has 1 saturated heterocycles. The minimum absolute atomic E-state index is 0.0415. The number of aryl methyl sites for hydroxylation is 1. The highest BCUT2D eigenvalue weighted by molar-refractivity contribution is 5.94. The molecule has 0 saturated carbocycles. The third-order valence-corrected chi connectivity index (χ3v) is 5.24. The molecule has 0 bridgehead atoms. The van der Waals surface area contributed by atoms with Crippen LogP contribution in [0.15, 0.2) is 48.5 Å². The molecule has 1 aliphatic rings. The van der Waals surface area contributed by atoms with E-state index in [9.17, 15) is 14.0 Å². The lowest BCUT2D eigenvalue weighted by molar-refractivity contribution is 0.0734. The summed E-state index contributed by atoms with van der Waals surface area (Å²) >= 11 is 0. The normalized spacial score (nSPS) is 14.1. The van der Waals surface area contributed by atoms with Crippen molar-refractivity contribution in [1.29, 1.82) is 0 Å². The summed E-state index contributed by atoms with van der Waals surface area (Å²) < 4.78 is 14.7. The average Bonchev–Trinajstić information content (AvgIpc) is 3.15. The highest BCUT2D eigenvalue weighted by Gasteiger charge is 2.26. The predicted molar refractivity (Wildman–Crippen MR) is 111 cm³/mol. The number of rotatable bonds is 4. The highest BCUT2D eigenvalue weighted by Crippen LogP contribution is 2.19. The fraction of sp³-hybridized carbons (Fsp3) is 0.273. The van der Waals surface area contributed by atoms with Gasteiger partial charge in [0.05, 0.1) is 5.69 Å².